The summed E-state index contributed by atoms with van der Waals surface area (Å²) in [6.07, 6.45) is -1.69. The van der Waals surface area contributed by atoms with Crippen LogP contribution in [0.3, 0.4) is 0 Å². The Hall–Kier alpha value is -3.12. The molecule has 0 radical (unpaired) electrons. The van der Waals surface area contributed by atoms with Gasteiger partial charge in [0.25, 0.3) is 5.91 Å². The van der Waals surface area contributed by atoms with Crippen molar-refractivity contribution in [2.75, 3.05) is 5.32 Å². The molecule has 0 spiro atoms. The molecule has 1 saturated carbocycles. The number of fused-ring (bicyclic) bond motifs is 1. The molecule has 0 saturated heterocycles. The van der Waals surface area contributed by atoms with Gasteiger partial charge in [-0.25, -0.2) is 4.98 Å². The maximum absolute atomic E-state index is 13.2. The van der Waals surface area contributed by atoms with Gasteiger partial charge in [-0.15, -0.1) is 11.3 Å². The monoisotopic (exact) mass is 444 g/mol. The largest absolute Gasteiger partial charge is 0.417 e. The molecule has 1 fully saturated rings. The third-order valence-electron chi connectivity index (χ3n) is 5.48. The van der Waals surface area contributed by atoms with E-state index in [-0.39, 0.29) is 23.6 Å². The Bertz CT molecular complexity index is 1140. The van der Waals surface area contributed by atoms with E-state index in [4.69, 9.17) is 5.26 Å². The smallest absolute Gasteiger partial charge is 0.382 e. The average molecular weight is 444 g/mol. The predicted molar refractivity (Wildman–Crippen MR) is 113 cm³/mol. The maximum Gasteiger partial charge on any atom is 0.417 e. The number of halogens is 3. The van der Waals surface area contributed by atoms with E-state index in [1.54, 1.807) is 17.6 Å². The van der Waals surface area contributed by atoms with Gasteiger partial charge < -0.3 is 10.6 Å². The van der Waals surface area contributed by atoms with Gasteiger partial charge in [0.05, 0.1) is 38.5 Å². The zero-order valence-corrected chi connectivity index (χ0v) is 17.2. The standard InChI is InChI=1S/C22H19F3N4OS/c23-22(24,25)18-10-16(5-4-13(18)11-26)28-14-6-8-15(9-7-14)29-21(30)17-2-1-3-19-20(17)31-12-27-19/h1-5,10,12,14-15,28H,6-9H2,(H,29,30). The number of nitrogens with zero attached hydrogens (tertiary/aromatic N) is 2. The number of amides is 1. The first-order chi connectivity index (χ1) is 14.8. The summed E-state index contributed by atoms with van der Waals surface area (Å²) in [7, 11) is 0. The molecule has 1 heterocycles. The summed E-state index contributed by atoms with van der Waals surface area (Å²) in [4.78, 5) is 16.9. The number of hydrogen-bond acceptors (Lipinski definition) is 5. The first-order valence-electron chi connectivity index (χ1n) is 9.86. The van der Waals surface area contributed by atoms with E-state index in [1.807, 2.05) is 12.1 Å². The Labute approximate surface area is 180 Å². The van der Waals surface area contributed by atoms with Gasteiger partial charge >= 0.3 is 6.18 Å². The fourth-order valence-corrected chi connectivity index (χ4v) is 4.71. The number of thiazole rings is 1. The number of carbonyl (C=O) groups is 1. The van der Waals surface area contributed by atoms with Crippen LogP contribution in [0.25, 0.3) is 10.2 Å². The van der Waals surface area contributed by atoms with Gasteiger partial charge in [-0.2, -0.15) is 18.4 Å². The molecule has 1 aromatic heterocycles. The number of rotatable bonds is 4. The van der Waals surface area contributed by atoms with Gasteiger partial charge in [-0.05, 0) is 56.0 Å². The zero-order valence-electron chi connectivity index (χ0n) is 16.4. The summed E-state index contributed by atoms with van der Waals surface area (Å²) in [6, 6.07) is 10.7. The van der Waals surface area contributed by atoms with Gasteiger partial charge in [0.2, 0.25) is 0 Å². The second-order valence-electron chi connectivity index (χ2n) is 7.54. The molecule has 160 valence electrons. The molecule has 1 aliphatic rings. The highest BCUT2D eigenvalue weighted by Gasteiger charge is 2.34. The van der Waals surface area contributed by atoms with Crippen molar-refractivity contribution in [3.63, 3.8) is 0 Å². The Morgan fingerprint density at radius 3 is 2.58 bits per heavy atom. The van der Waals surface area contributed by atoms with Crippen molar-refractivity contribution in [1.29, 1.82) is 5.26 Å². The van der Waals surface area contributed by atoms with E-state index in [2.05, 4.69) is 15.6 Å². The highest BCUT2D eigenvalue weighted by Crippen LogP contribution is 2.34. The predicted octanol–water partition coefficient (Wildman–Crippen LogP) is 5.34. The van der Waals surface area contributed by atoms with Crippen LogP contribution in [-0.4, -0.2) is 23.0 Å². The lowest BCUT2D eigenvalue weighted by atomic mass is 9.90. The number of alkyl halides is 3. The molecule has 2 N–H and O–H groups in total. The van der Waals surface area contributed by atoms with Crippen molar-refractivity contribution in [1.82, 2.24) is 10.3 Å². The zero-order chi connectivity index (χ0) is 22.0. The number of nitrogens with one attached hydrogen (secondary N) is 2. The van der Waals surface area contributed by atoms with E-state index >= 15 is 0 Å². The second kappa shape index (κ2) is 8.55. The van der Waals surface area contributed by atoms with Gasteiger partial charge in [0.1, 0.15) is 0 Å². The van der Waals surface area contributed by atoms with Gasteiger partial charge in [-0.1, -0.05) is 6.07 Å². The fourth-order valence-electron chi connectivity index (χ4n) is 3.91. The molecule has 0 aliphatic heterocycles. The molecule has 0 unspecified atom stereocenters. The van der Waals surface area contributed by atoms with Crippen molar-refractivity contribution < 1.29 is 18.0 Å². The van der Waals surface area contributed by atoms with Gasteiger partial charge in [0, 0.05) is 17.8 Å². The lowest BCUT2D eigenvalue weighted by Crippen LogP contribution is -2.40. The van der Waals surface area contributed by atoms with Gasteiger partial charge in [-0.3, -0.25) is 4.79 Å². The minimum Gasteiger partial charge on any atom is -0.382 e. The minimum atomic E-state index is -4.58. The molecule has 0 atom stereocenters. The molecule has 2 aromatic carbocycles. The van der Waals surface area contributed by atoms with Gasteiger partial charge in [0.15, 0.2) is 0 Å². The molecule has 1 amide bonds. The van der Waals surface area contributed by atoms with Crippen LogP contribution in [0.2, 0.25) is 0 Å². The Balaban J connectivity index is 1.36. The van der Waals surface area contributed by atoms with Crippen LogP contribution in [-0.2, 0) is 6.18 Å². The minimum absolute atomic E-state index is 0.00657. The second-order valence-corrected chi connectivity index (χ2v) is 8.40. The van der Waals surface area contributed by atoms with Crippen molar-refractivity contribution in [3.8, 4) is 6.07 Å². The number of benzene rings is 2. The molecule has 3 aromatic rings. The average Bonchev–Trinajstić information content (AvgIpc) is 3.23. The summed E-state index contributed by atoms with van der Waals surface area (Å²) in [5, 5.41) is 15.1. The quantitative estimate of drug-likeness (QED) is 0.569. The van der Waals surface area contributed by atoms with Crippen LogP contribution < -0.4 is 10.6 Å². The number of nitriles is 1. The molecule has 4 rings (SSSR count). The van der Waals surface area contributed by atoms with E-state index in [0.717, 1.165) is 42.0 Å². The number of carbonyl (C=O) groups excluding carboxylic acids is 1. The van der Waals surface area contributed by atoms with Crippen LogP contribution in [0.4, 0.5) is 18.9 Å². The normalized spacial score (nSPS) is 19.0. The SMILES string of the molecule is N#Cc1ccc(NC2CCC(NC(=O)c3cccc4ncsc34)CC2)cc1C(F)(F)F. The molecular formula is C22H19F3N4OS. The van der Waals surface area contributed by atoms with Crippen LogP contribution >= 0.6 is 11.3 Å². The summed E-state index contributed by atoms with van der Waals surface area (Å²) in [6.45, 7) is 0. The van der Waals surface area contributed by atoms with Crippen molar-refractivity contribution in [2.45, 2.75) is 43.9 Å². The van der Waals surface area contributed by atoms with Crippen LogP contribution in [0, 0.1) is 11.3 Å². The Kier molecular flexibility index (Phi) is 5.83. The molecule has 0 bridgehead atoms. The maximum atomic E-state index is 13.2. The molecular weight excluding hydrogens is 425 g/mol. The van der Waals surface area contributed by atoms with Crippen molar-refractivity contribution in [2.24, 2.45) is 0 Å². The Morgan fingerprint density at radius 2 is 1.87 bits per heavy atom. The lowest BCUT2D eigenvalue weighted by Gasteiger charge is -2.30. The van der Waals surface area contributed by atoms with Crippen LogP contribution in [0.5, 0.6) is 0 Å². The number of anilines is 1. The summed E-state index contributed by atoms with van der Waals surface area (Å²) in [5.41, 5.74) is 2.14. The lowest BCUT2D eigenvalue weighted by molar-refractivity contribution is -0.137. The molecule has 1 aliphatic carbocycles. The highest BCUT2D eigenvalue weighted by atomic mass is 32.1. The first-order valence-corrected chi connectivity index (χ1v) is 10.7. The van der Waals surface area contributed by atoms with Crippen molar-refractivity contribution in [3.05, 3.63) is 58.6 Å². The third-order valence-corrected chi connectivity index (χ3v) is 6.36. The topological polar surface area (TPSA) is 77.8 Å². The third kappa shape index (κ3) is 4.64. The fraction of sp³-hybridized carbons (Fsp3) is 0.318. The number of hydrogen-bond donors (Lipinski definition) is 2. The Morgan fingerprint density at radius 1 is 1.13 bits per heavy atom. The van der Waals surface area contributed by atoms with E-state index in [1.165, 1.54) is 23.5 Å². The summed E-state index contributed by atoms with van der Waals surface area (Å²) < 4.78 is 40.3. The first kappa shape index (κ1) is 21.1. The number of aromatic nitrogens is 1. The molecule has 9 heteroatoms. The van der Waals surface area contributed by atoms with Crippen LogP contribution in [0.1, 0.15) is 47.2 Å². The van der Waals surface area contributed by atoms with Crippen LogP contribution in [0.15, 0.2) is 41.9 Å². The summed E-state index contributed by atoms with van der Waals surface area (Å²) in [5.74, 6) is -0.131. The molecule has 31 heavy (non-hydrogen) atoms. The molecule has 5 nitrogen and oxygen atoms in total. The highest BCUT2D eigenvalue weighted by molar-refractivity contribution is 7.17. The summed E-state index contributed by atoms with van der Waals surface area (Å²) >= 11 is 1.43. The van der Waals surface area contributed by atoms with E-state index in [9.17, 15) is 18.0 Å². The van der Waals surface area contributed by atoms with Crippen molar-refractivity contribution >= 4 is 33.1 Å². The van der Waals surface area contributed by atoms with E-state index < -0.39 is 11.7 Å². The van der Waals surface area contributed by atoms with E-state index in [0.29, 0.717) is 11.3 Å².